The number of aliphatic hydroxyl groups excluding tert-OH is 2. The molecule has 5 atom stereocenters. The molecule has 0 bridgehead atoms. The van der Waals surface area contributed by atoms with Crippen LogP contribution in [0, 0.1) is 11.8 Å². The lowest BCUT2D eigenvalue weighted by Gasteiger charge is -2.45. The topological polar surface area (TPSA) is 127 Å². The zero-order valence-corrected chi connectivity index (χ0v) is 27.4. The number of phenols is 2. The van der Waals surface area contributed by atoms with Crippen LogP contribution in [-0.4, -0.2) is 60.1 Å². The third-order valence-corrected chi connectivity index (χ3v) is 10.2. The summed E-state index contributed by atoms with van der Waals surface area (Å²) in [4.78, 5) is 0. The molecule has 254 valence electrons. The molecule has 2 aliphatic heterocycles. The van der Waals surface area contributed by atoms with E-state index in [1.807, 2.05) is 24.3 Å². The van der Waals surface area contributed by atoms with Crippen LogP contribution in [0.3, 0.4) is 0 Å². The van der Waals surface area contributed by atoms with Gasteiger partial charge in [-0.3, -0.25) is 0 Å². The van der Waals surface area contributed by atoms with Crippen molar-refractivity contribution in [3.8, 4) is 34.5 Å². The van der Waals surface area contributed by atoms with Crippen molar-refractivity contribution in [3.05, 3.63) is 82.9 Å². The third-order valence-electron chi connectivity index (χ3n) is 10.2. The molecule has 4 N–H and O–H groups in total. The Morgan fingerprint density at radius 3 is 2.40 bits per heavy atom. The minimum Gasteiger partial charge on any atom is -0.508 e. The lowest BCUT2D eigenvalue weighted by Crippen LogP contribution is -2.46. The third kappa shape index (κ3) is 6.22. The van der Waals surface area contributed by atoms with Gasteiger partial charge in [-0.1, -0.05) is 12.1 Å². The molecule has 4 aromatic carbocycles. The molecule has 0 spiro atoms. The molecule has 0 unspecified atom stereocenters. The maximum atomic E-state index is 12.2. The Morgan fingerprint density at radius 1 is 0.833 bits per heavy atom. The summed E-state index contributed by atoms with van der Waals surface area (Å²) in [5.74, 6) is 1.60. The predicted octanol–water partition coefficient (Wildman–Crippen LogP) is 6.75. The van der Waals surface area contributed by atoms with Gasteiger partial charge in [0.15, 0.2) is 0 Å². The quantitative estimate of drug-likeness (QED) is 0.137. The Kier molecular flexibility index (Phi) is 9.27. The van der Waals surface area contributed by atoms with Gasteiger partial charge in [-0.25, -0.2) is 0 Å². The highest BCUT2D eigenvalue weighted by Gasteiger charge is 2.48. The van der Waals surface area contributed by atoms with Crippen LogP contribution in [0.25, 0.3) is 10.8 Å². The van der Waals surface area contributed by atoms with E-state index >= 15 is 0 Å². The van der Waals surface area contributed by atoms with Crippen LogP contribution in [0.15, 0.2) is 60.7 Å². The van der Waals surface area contributed by atoms with E-state index in [0.29, 0.717) is 65.4 Å². The summed E-state index contributed by atoms with van der Waals surface area (Å²) in [5, 5.41) is 46.2. The number of phenolic OH excluding ortho intramolecular Hbond substituents is 2. The molecular formula is C39H44O9. The van der Waals surface area contributed by atoms with Gasteiger partial charge in [0.1, 0.15) is 40.6 Å². The first-order valence-corrected chi connectivity index (χ1v) is 16.9. The van der Waals surface area contributed by atoms with Crippen molar-refractivity contribution in [1.82, 2.24) is 0 Å². The van der Waals surface area contributed by atoms with Crippen molar-refractivity contribution in [2.24, 2.45) is 11.8 Å². The number of hydrogen-bond donors (Lipinski definition) is 4. The van der Waals surface area contributed by atoms with Crippen LogP contribution < -0.4 is 18.9 Å². The van der Waals surface area contributed by atoms with E-state index in [-0.39, 0.29) is 24.2 Å². The second kappa shape index (κ2) is 13.7. The maximum Gasteiger partial charge on any atom is 0.133 e. The van der Waals surface area contributed by atoms with Crippen LogP contribution >= 0.6 is 0 Å². The molecule has 48 heavy (non-hydrogen) atoms. The molecule has 0 saturated heterocycles. The van der Waals surface area contributed by atoms with Crippen LogP contribution in [0.5, 0.6) is 34.5 Å². The fourth-order valence-corrected chi connectivity index (χ4v) is 7.91. The average Bonchev–Trinajstić information content (AvgIpc) is 3.59. The summed E-state index contributed by atoms with van der Waals surface area (Å²) in [5.41, 5.74) is 2.97. The maximum absolute atomic E-state index is 12.2. The molecule has 1 fully saturated rings. The number of rotatable bonds is 10. The summed E-state index contributed by atoms with van der Waals surface area (Å²) in [6.07, 6.45) is 3.71. The lowest BCUT2D eigenvalue weighted by molar-refractivity contribution is -0.0884. The number of aliphatic hydroxyl groups is 2. The fourth-order valence-electron chi connectivity index (χ4n) is 7.91. The van der Waals surface area contributed by atoms with E-state index in [4.69, 9.17) is 23.7 Å². The molecule has 0 amide bonds. The van der Waals surface area contributed by atoms with Gasteiger partial charge in [0.05, 0.1) is 32.0 Å². The van der Waals surface area contributed by atoms with Gasteiger partial charge < -0.3 is 44.1 Å². The highest BCUT2D eigenvalue weighted by atomic mass is 16.5. The highest BCUT2D eigenvalue weighted by Crippen LogP contribution is 2.53. The van der Waals surface area contributed by atoms with Crippen molar-refractivity contribution in [2.45, 2.75) is 69.4 Å². The first-order valence-electron chi connectivity index (χ1n) is 16.9. The summed E-state index contributed by atoms with van der Waals surface area (Å²) in [7, 11) is 3.21. The zero-order chi connectivity index (χ0) is 33.4. The van der Waals surface area contributed by atoms with Gasteiger partial charge in [-0.05, 0) is 92.6 Å². The van der Waals surface area contributed by atoms with Gasteiger partial charge >= 0.3 is 0 Å². The van der Waals surface area contributed by atoms with Gasteiger partial charge in [0.25, 0.3) is 0 Å². The molecule has 9 heteroatoms. The Labute approximate surface area is 280 Å². The van der Waals surface area contributed by atoms with E-state index in [9.17, 15) is 20.4 Å². The Hall–Kier alpha value is -4.18. The SMILES string of the molecule is COCCC[C@@H]1Oc2c(cc(OC)c3cc(O)ccc23)[C@H](O)[C@@H]1[C@H]1COc2c(Cc3cccc(O)c3)cc(OC3CCCC3)cc2[C@H]1O. The van der Waals surface area contributed by atoms with Crippen molar-refractivity contribution in [3.63, 3.8) is 0 Å². The second-order valence-corrected chi connectivity index (χ2v) is 13.3. The van der Waals surface area contributed by atoms with E-state index in [1.54, 1.807) is 50.6 Å². The Bertz CT molecular complexity index is 1760. The summed E-state index contributed by atoms with van der Waals surface area (Å²) in [6, 6.07) is 17.8. The van der Waals surface area contributed by atoms with E-state index in [1.165, 1.54) is 0 Å². The van der Waals surface area contributed by atoms with Crippen LogP contribution in [-0.2, 0) is 11.2 Å². The number of methoxy groups -OCH3 is 2. The molecule has 0 aromatic heterocycles. The van der Waals surface area contributed by atoms with E-state index < -0.39 is 30.1 Å². The minimum atomic E-state index is -0.997. The summed E-state index contributed by atoms with van der Waals surface area (Å²) in [6.45, 7) is 0.698. The Balaban J connectivity index is 1.28. The number of ether oxygens (including phenoxy) is 5. The van der Waals surface area contributed by atoms with E-state index in [0.717, 1.165) is 42.2 Å². The number of hydrogen-bond acceptors (Lipinski definition) is 9. The standard InChI is InChI=1S/C39H44O9/c1-44-14-6-11-33-35(37(43)31-20-34(45-2)29-18-25(41)12-13-28(29)39(31)48-33)32-21-46-38-23(15-22-7-5-8-24(40)16-22)17-27(19-30(38)36(32)42)47-26-9-3-4-10-26/h5,7-8,12-13,16-20,26,32-33,35-37,40-43H,3-4,6,9-11,14-15,21H2,1-2H3/t32-,33+,35-,36-,37+/m1/s1. The normalized spacial score (nSPS) is 23.6. The van der Waals surface area contributed by atoms with Crippen molar-refractivity contribution < 1.29 is 44.1 Å². The first-order chi connectivity index (χ1) is 23.3. The van der Waals surface area contributed by atoms with Crippen LogP contribution in [0.2, 0.25) is 0 Å². The van der Waals surface area contributed by atoms with Gasteiger partial charge in [0, 0.05) is 59.4 Å². The number of fused-ring (bicyclic) bond motifs is 4. The number of benzene rings is 4. The van der Waals surface area contributed by atoms with Crippen molar-refractivity contribution in [1.29, 1.82) is 0 Å². The van der Waals surface area contributed by atoms with Crippen LogP contribution in [0.1, 0.15) is 73.0 Å². The zero-order valence-electron chi connectivity index (χ0n) is 27.4. The fraction of sp³-hybridized carbons (Fsp3) is 0.436. The second-order valence-electron chi connectivity index (χ2n) is 13.3. The monoisotopic (exact) mass is 656 g/mol. The summed E-state index contributed by atoms with van der Waals surface area (Å²) < 4.78 is 30.8. The molecule has 1 saturated carbocycles. The number of aromatic hydroxyl groups is 2. The van der Waals surface area contributed by atoms with Gasteiger partial charge in [0.2, 0.25) is 0 Å². The van der Waals surface area contributed by atoms with E-state index in [2.05, 4.69) is 0 Å². The molecule has 2 heterocycles. The average molecular weight is 657 g/mol. The lowest BCUT2D eigenvalue weighted by atomic mass is 9.72. The first kappa shape index (κ1) is 32.4. The molecule has 9 nitrogen and oxygen atoms in total. The molecule has 3 aliphatic rings. The highest BCUT2D eigenvalue weighted by molar-refractivity contribution is 5.95. The predicted molar refractivity (Wildman–Crippen MR) is 180 cm³/mol. The summed E-state index contributed by atoms with van der Waals surface area (Å²) >= 11 is 0. The molecule has 7 rings (SSSR count). The Morgan fingerprint density at radius 2 is 1.62 bits per heavy atom. The smallest absolute Gasteiger partial charge is 0.133 e. The molecule has 0 radical (unpaired) electrons. The van der Waals surface area contributed by atoms with Crippen LogP contribution in [0.4, 0.5) is 0 Å². The van der Waals surface area contributed by atoms with Gasteiger partial charge in [-0.15, -0.1) is 0 Å². The largest absolute Gasteiger partial charge is 0.508 e. The van der Waals surface area contributed by atoms with Gasteiger partial charge in [-0.2, -0.15) is 0 Å². The van der Waals surface area contributed by atoms with Crippen molar-refractivity contribution in [2.75, 3.05) is 27.4 Å². The molecule has 1 aliphatic carbocycles. The molecular weight excluding hydrogens is 612 g/mol. The molecule has 4 aromatic rings. The van der Waals surface area contributed by atoms with Crippen molar-refractivity contribution >= 4 is 10.8 Å². The minimum absolute atomic E-state index is 0.104.